The van der Waals surface area contributed by atoms with Crippen LogP contribution in [0, 0.1) is 17.5 Å². The first-order valence-electron chi connectivity index (χ1n) is 8.72. The van der Waals surface area contributed by atoms with Crippen LogP contribution in [0.3, 0.4) is 0 Å². The molecule has 3 aromatic rings. The van der Waals surface area contributed by atoms with Gasteiger partial charge >= 0.3 is 6.01 Å². The van der Waals surface area contributed by atoms with E-state index in [-0.39, 0.29) is 36.3 Å². The van der Waals surface area contributed by atoms with E-state index in [2.05, 4.69) is 10.2 Å². The van der Waals surface area contributed by atoms with Gasteiger partial charge in [0.2, 0.25) is 5.89 Å². The summed E-state index contributed by atoms with van der Waals surface area (Å²) in [5.74, 6) is -3.31. The highest BCUT2D eigenvalue weighted by Gasteiger charge is 2.21. The molecule has 2 aromatic carbocycles. The van der Waals surface area contributed by atoms with Crippen LogP contribution >= 0.6 is 11.6 Å². The number of benzene rings is 2. The maximum Gasteiger partial charge on any atom is 0.312 e. The highest BCUT2D eigenvalue weighted by Crippen LogP contribution is 2.28. The molecule has 0 aliphatic heterocycles. The molecule has 1 heterocycles. The van der Waals surface area contributed by atoms with Crippen molar-refractivity contribution >= 4 is 23.5 Å². The Bertz CT molecular complexity index is 1100. The number of aromatic nitrogens is 2. The van der Waals surface area contributed by atoms with Crippen molar-refractivity contribution < 1.29 is 31.9 Å². The molecule has 0 atom stereocenters. The number of hydrogen-bond acceptors (Lipinski definition) is 7. The van der Waals surface area contributed by atoms with Crippen LogP contribution in [0.1, 0.15) is 11.5 Å². The van der Waals surface area contributed by atoms with Crippen molar-refractivity contribution in [1.82, 2.24) is 15.1 Å². The van der Waals surface area contributed by atoms with Gasteiger partial charge in [-0.25, -0.2) is 13.2 Å². The summed E-state index contributed by atoms with van der Waals surface area (Å²) in [5.41, 5.74) is 5.55. The first kappa shape index (κ1) is 22.2. The Morgan fingerprint density at radius 1 is 1.16 bits per heavy atom. The zero-order valence-corrected chi connectivity index (χ0v) is 16.8. The van der Waals surface area contributed by atoms with Gasteiger partial charge in [0.05, 0.1) is 13.7 Å². The summed E-state index contributed by atoms with van der Waals surface area (Å²) < 4.78 is 56.6. The number of carbonyl (C=O) groups excluding carboxylic acids is 1. The Morgan fingerprint density at radius 3 is 2.58 bits per heavy atom. The lowest BCUT2D eigenvalue weighted by Crippen LogP contribution is -2.34. The summed E-state index contributed by atoms with van der Waals surface area (Å²) in [6.07, 6.45) is 0. The largest absolute Gasteiger partial charge is 0.497 e. The van der Waals surface area contributed by atoms with E-state index in [1.54, 1.807) is 0 Å². The van der Waals surface area contributed by atoms with E-state index in [9.17, 15) is 18.0 Å². The number of rotatable bonds is 8. The van der Waals surface area contributed by atoms with E-state index in [1.165, 1.54) is 19.2 Å². The number of amides is 1. The third kappa shape index (κ3) is 5.57. The van der Waals surface area contributed by atoms with Crippen LogP contribution in [0.5, 0.6) is 11.5 Å². The molecule has 3 rings (SSSR count). The number of nitrogens with two attached hydrogens (primary N) is 1. The molecule has 0 spiro atoms. The average Bonchev–Trinajstić information content (AvgIpc) is 3.14. The zero-order chi connectivity index (χ0) is 22.5. The molecule has 0 saturated carbocycles. The van der Waals surface area contributed by atoms with E-state index >= 15 is 0 Å². The van der Waals surface area contributed by atoms with Crippen molar-refractivity contribution in [3.05, 3.63) is 64.3 Å². The standard InChI is InChI=1S/C19H16ClF3N4O4/c1-29-12-3-2-10(13(22)6-12)7-27(8-16-25-26-19(24)31-16)17(28)9-30-15-5-11(21)4-14(23)18(15)20/h2-6H,7-9H2,1H3,(H2,24,26). The van der Waals surface area contributed by atoms with Crippen molar-refractivity contribution in [3.63, 3.8) is 0 Å². The molecule has 8 nitrogen and oxygen atoms in total. The van der Waals surface area contributed by atoms with Gasteiger partial charge in [-0.05, 0) is 6.07 Å². The van der Waals surface area contributed by atoms with Gasteiger partial charge in [0, 0.05) is 30.3 Å². The molecule has 0 radical (unpaired) electrons. The van der Waals surface area contributed by atoms with Gasteiger partial charge in [-0.15, -0.1) is 5.10 Å². The molecule has 31 heavy (non-hydrogen) atoms. The van der Waals surface area contributed by atoms with Crippen LogP contribution in [0.25, 0.3) is 0 Å². The topological polar surface area (TPSA) is 104 Å². The van der Waals surface area contributed by atoms with Gasteiger partial charge in [-0.3, -0.25) is 4.79 Å². The van der Waals surface area contributed by atoms with E-state index in [1.807, 2.05) is 0 Å². The van der Waals surface area contributed by atoms with Gasteiger partial charge in [0.25, 0.3) is 5.91 Å². The van der Waals surface area contributed by atoms with E-state index in [0.717, 1.165) is 17.0 Å². The predicted octanol–water partition coefficient (Wildman–Crippen LogP) is 3.34. The lowest BCUT2D eigenvalue weighted by Gasteiger charge is -2.22. The Morgan fingerprint density at radius 2 is 1.94 bits per heavy atom. The maximum atomic E-state index is 14.4. The molecule has 0 saturated heterocycles. The minimum absolute atomic E-state index is 0.00500. The molecule has 0 bridgehead atoms. The summed E-state index contributed by atoms with van der Waals surface area (Å²) in [7, 11) is 1.39. The van der Waals surface area contributed by atoms with Gasteiger partial charge in [0.15, 0.2) is 6.61 Å². The van der Waals surface area contributed by atoms with Crippen molar-refractivity contribution in [3.8, 4) is 11.5 Å². The summed E-state index contributed by atoms with van der Waals surface area (Å²) in [4.78, 5) is 13.9. The first-order valence-corrected chi connectivity index (χ1v) is 9.10. The number of carbonyl (C=O) groups is 1. The van der Waals surface area contributed by atoms with Crippen molar-refractivity contribution in [2.24, 2.45) is 0 Å². The smallest absolute Gasteiger partial charge is 0.312 e. The summed E-state index contributed by atoms with van der Waals surface area (Å²) in [6, 6.07) is 5.33. The molecule has 0 unspecified atom stereocenters. The van der Waals surface area contributed by atoms with Crippen molar-refractivity contribution in [2.45, 2.75) is 13.1 Å². The van der Waals surface area contributed by atoms with E-state index < -0.39 is 35.0 Å². The highest BCUT2D eigenvalue weighted by molar-refractivity contribution is 6.32. The fourth-order valence-electron chi connectivity index (χ4n) is 2.58. The SMILES string of the molecule is COc1ccc(CN(Cc2nnc(N)o2)C(=O)COc2cc(F)cc(F)c2Cl)c(F)c1. The van der Waals surface area contributed by atoms with Crippen LogP contribution in [-0.2, 0) is 17.9 Å². The lowest BCUT2D eigenvalue weighted by molar-refractivity contribution is -0.135. The Labute approximate surface area is 179 Å². The summed E-state index contributed by atoms with van der Waals surface area (Å²) in [6.45, 7) is -1.07. The van der Waals surface area contributed by atoms with Crippen molar-refractivity contribution in [2.75, 3.05) is 19.5 Å². The number of nitrogen functional groups attached to an aromatic ring is 1. The third-order valence-corrected chi connectivity index (χ3v) is 4.46. The Hall–Kier alpha value is -3.47. The number of halogens is 4. The molecular formula is C19H16ClF3N4O4. The van der Waals surface area contributed by atoms with Crippen molar-refractivity contribution in [1.29, 1.82) is 0 Å². The number of hydrogen-bond donors (Lipinski definition) is 1. The summed E-state index contributed by atoms with van der Waals surface area (Å²) in [5, 5.41) is 6.70. The second kappa shape index (κ2) is 9.56. The fourth-order valence-corrected chi connectivity index (χ4v) is 2.75. The molecule has 0 aliphatic carbocycles. The van der Waals surface area contributed by atoms with Crippen LogP contribution in [-0.4, -0.2) is 34.7 Å². The monoisotopic (exact) mass is 456 g/mol. The van der Waals surface area contributed by atoms with Crippen LogP contribution < -0.4 is 15.2 Å². The van der Waals surface area contributed by atoms with E-state index in [4.69, 9.17) is 31.2 Å². The molecular weight excluding hydrogens is 441 g/mol. The third-order valence-electron chi connectivity index (χ3n) is 4.09. The Balaban J connectivity index is 1.79. The second-order valence-electron chi connectivity index (χ2n) is 6.23. The van der Waals surface area contributed by atoms with Gasteiger partial charge < -0.3 is 24.5 Å². The minimum atomic E-state index is -1.04. The van der Waals surface area contributed by atoms with Crippen LogP contribution in [0.15, 0.2) is 34.7 Å². The molecule has 0 aliphatic rings. The molecule has 0 fully saturated rings. The molecule has 12 heteroatoms. The predicted molar refractivity (Wildman–Crippen MR) is 103 cm³/mol. The molecule has 2 N–H and O–H groups in total. The van der Waals surface area contributed by atoms with Gasteiger partial charge in [-0.2, -0.15) is 0 Å². The zero-order valence-electron chi connectivity index (χ0n) is 16.1. The quantitative estimate of drug-likeness (QED) is 0.518. The van der Waals surface area contributed by atoms with E-state index in [0.29, 0.717) is 11.8 Å². The number of ether oxygens (including phenoxy) is 2. The Kier molecular flexibility index (Phi) is 6.85. The molecule has 1 amide bonds. The summed E-state index contributed by atoms with van der Waals surface area (Å²) >= 11 is 5.74. The fraction of sp³-hybridized carbons (Fsp3) is 0.211. The first-order chi connectivity index (χ1) is 14.8. The molecule has 1 aromatic heterocycles. The van der Waals surface area contributed by atoms with Gasteiger partial charge in [0.1, 0.15) is 34.0 Å². The normalized spacial score (nSPS) is 10.7. The highest BCUT2D eigenvalue weighted by atomic mass is 35.5. The van der Waals surface area contributed by atoms with Crippen LogP contribution in [0.2, 0.25) is 5.02 Å². The lowest BCUT2D eigenvalue weighted by atomic mass is 10.2. The number of nitrogens with zero attached hydrogens (tertiary/aromatic N) is 3. The van der Waals surface area contributed by atoms with Gasteiger partial charge in [-0.1, -0.05) is 22.8 Å². The minimum Gasteiger partial charge on any atom is -0.497 e. The number of methoxy groups -OCH3 is 1. The maximum absolute atomic E-state index is 14.4. The average molecular weight is 457 g/mol. The molecule has 164 valence electrons. The second-order valence-corrected chi connectivity index (χ2v) is 6.61. The van der Waals surface area contributed by atoms with Crippen LogP contribution in [0.4, 0.5) is 19.2 Å². The number of anilines is 1.